The first kappa shape index (κ1) is 12.2. The van der Waals surface area contributed by atoms with Crippen molar-refractivity contribution in [3.63, 3.8) is 0 Å². The predicted octanol–water partition coefficient (Wildman–Crippen LogP) is 1.57. The van der Waals surface area contributed by atoms with Gasteiger partial charge in [0.2, 0.25) is 0 Å². The summed E-state index contributed by atoms with van der Waals surface area (Å²) in [6.07, 6.45) is 0. The summed E-state index contributed by atoms with van der Waals surface area (Å²) in [7, 11) is 11.4. The average molecular weight is 290 g/mol. The SMILES string of the molecule is Cl.Nc1cc(O)cc([As](Cl)Cl)c1. The molecule has 0 atom stereocenters. The number of benzene rings is 1. The summed E-state index contributed by atoms with van der Waals surface area (Å²) in [6.45, 7) is 0. The Labute approximate surface area is 89.6 Å². The van der Waals surface area contributed by atoms with Gasteiger partial charge in [0.25, 0.3) is 0 Å². The molecule has 0 amide bonds. The van der Waals surface area contributed by atoms with Gasteiger partial charge < -0.3 is 0 Å². The Morgan fingerprint density at radius 3 is 2.25 bits per heavy atom. The van der Waals surface area contributed by atoms with E-state index in [9.17, 15) is 0 Å². The van der Waals surface area contributed by atoms with E-state index in [1.807, 2.05) is 0 Å². The second-order valence-corrected chi connectivity index (χ2v) is 8.49. The molecule has 0 aliphatic rings. The third-order valence-corrected chi connectivity index (χ3v) is 4.51. The fourth-order valence-corrected chi connectivity index (χ4v) is 2.73. The molecule has 0 aliphatic heterocycles. The molecule has 0 bridgehead atoms. The van der Waals surface area contributed by atoms with Crippen LogP contribution in [0.3, 0.4) is 0 Å². The Morgan fingerprint density at radius 2 is 1.83 bits per heavy atom. The molecule has 0 saturated heterocycles. The zero-order chi connectivity index (χ0) is 8.43. The van der Waals surface area contributed by atoms with Crippen LogP contribution in [0.2, 0.25) is 0 Å². The van der Waals surface area contributed by atoms with E-state index >= 15 is 0 Å². The fraction of sp³-hybridized carbons (Fsp3) is 0. The van der Waals surface area contributed by atoms with Crippen LogP contribution in [0.25, 0.3) is 0 Å². The predicted molar refractivity (Wildman–Crippen MR) is 56.9 cm³/mol. The van der Waals surface area contributed by atoms with Crippen molar-refractivity contribution in [1.82, 2.24) is 0 Å². The Balaban J connectivity index is 0.00000121. The number of phenols is 1. The molecular formula is C6H7AsCl3NO. The third kappa shape index (κ3) is 3.32. The second kappa shape index (κ2) is 5.08. The molecule has 1 rings (SSSR count). The molecule has 0 spiro atoms. The number of hydrogen-bond donors (Lipinski definition) is 2. The maximum atomic E-state index is 9.07. The first-order valence-electron chi connectivity index (χ1n) is 2.81. The summed E-state index contributed by atoms with van der Waals surface area (Å²) in [4.78, 5) is 0. The van der Waals surface area contributed by atoms with Crippen LogP contribution in [0.1, 0.15) is 0 Å². The number of hydrogen-bond acceptors (Lipinski definition) is 2. The molecule has 68 valence electrons. The molecule has 0 radical (unpaired) electrons. The minimum absolute atomic E-state index is 0. The zero-order valence-corrected chi connectivity index (χ0v) is 10.1. The van der Waals surface area contributed by atoms with Crippen LogP contribution in [-0.2, 0) is 0 Å². The van der Waals surface area contributed by atoms with Crippen molar-refractivity contribution in [2.45, 2.75) is 0 Å². The minimum atomic E-state index is -1.94. The van der Waals surface area contributed by atoms with Crippen molar-refractivity contribution < 1.29 is 5.11 Å². The molecule has 12 heavy (non-hydrogen) atoms. The molecule has 6 heteroatoms. The topological polar surface area (TPSA) is 46.2 Å². The molecule has 1 aromatic rings. The van der Waals surface area contributed by atoms with Crippen LogP contribution >= 0.6 is 32.3 Å². The molecule has 0 unspecified atom stereocenters. The van der Waals surface area contributed by atoms with Gasteiger partial charge in [-0.3, -0.25) is 0 Å². The van der Waals surface area contributed by atoms with E-state index in [2.05, 4.69) is 0 Å². The van der Waals surface area contributed by atoms with E-state index in [1.54, 1.807) is 6.07 Å². The van der Waals surface area contributed by atoms with Crippen molar-refractivity contribution >= 4 is 55.1 Å². The van der Waals surface area contributed by atoms with Crippen LogP contribution < -0.4 is 10.1 Å². The molecule has 0 aliphatic carbocycles. The van der Waals surface area contributed by atoms with Gasteiger partial charge in [-0.1, -0.05) is 0 Å². The van der Waals surface area contributed by atoms with Crippen LogP contribution in [0.5, 0.6) is 5.75 Å². The van der Waals surface area contributed by atoms with Crippen molar-refractivity contribution in [2.24, 2.45) is 0 Å². The molecule has 0 saturated carbocycles. The number of rotatable bonds is 1. The van der Waals surface area contributed by atoms with Gasteiger partial charge in [-0.15, -0.1) is 12.4 Å². The van der Waals surface area contributed by atoms with Crippen molar-refractivity contribution in [3.05, 3.63) is 18.2 Å². The summed E-state index contributed by atoms with van der Waals surface area (Å²) in [5.41, 5.74) is 5.93. The zero-order valence-electron chi connectivity index (χ0n) is 5.87. The summed E-state index contributed by atoms with van der Waals surface area (Å²) in [5, 5.41) is 9.07. The van der Waals surface area contributed by atoms with Crippen molar-refractivity contribution in [2.75, 3.05) is 5.73 Å². The summed E-state index contributed by atoms with van der Waals surface area (Å²) in [5.74, 6) is 0.112. The summed E-state index contributed by atoms with van der Waals surface area (Å²) in [6, 6.07) is 4.67. The Morgan fingerprint density at radius 1 is 1.25 bits per heavy atom. The number of nitrogen functional groups attached to an aromatic ring is 1. The molecule has 2 nitrogen and oxygen atoms in total. The quantitative estimate of drug-likeness (QED) is 0.609. The van der Waals surface area contributed by atoms with E-state index in [-0.39, 0.29) is 18.2 Å². The van der Waals surface area contributed by atoms with Gasteiger partial charge in [0, 0.05) is 0 Å². The van der Waals surface area contributed by atoms with Crippen LogP contribution in [-0.4, -0.2) is 17.9 Å². The third-order valence-electron chi connectivity index (χ3n) is 1.12. The van der Waals surface area contributed by atoms with Crippen LogP contribution in [0.4, 0.5) is 5.69 Å². The first-order valence-corrected chi connectivity index (χ1v) is 8.68. The van der Waals surface area contributed by atoms with Gasteiger partial charge >= 0.3 is 77.5 Å². The molecular weight excluding hydrogens is 283 g/mol. The van der Waals surface area contributed by atoms with Crippen molar-refractivity contribution in [1.29, 1.82) is 0 Å². The van der Waals surface area contributed by atoms with Gasteiger partial charge in [-0.05, 0) is 0 Å². The number of aromatic hydroxyl groups is 1. The standard InChI is InChI=1S/C6H6AsCl2NO.ClH/c8-7(9)4-1-5(10)3-6(11)2-4;/h1-3,11H,10H2;1H. The second-order valence-electron chi connectivity index (χ2n) is 2.02. The molecule has 0 fully saturated rings. The summed E-state index contributed by atoms with van der Waals surface area (Å²) >= 11 is -1.94. The average Bonchev–Trinajstić information content (AvgIpc) is 1.85. The van der Waals surface area contributed by atoms with E-state index in [0.29, 0.717) is 5.69 Å². The van der Waals surface area contributed by atoms with Gasteiger partial charge in [0.05, 0.1) is 0 Å². The number of nitrogens with two attached hydrogens (primary N) is 1. The molecule has 1 aromatic carbocycles. The monoisotopic (exact) mass is 289 g/mol. The van der Waals surface area contributed by atoms with E-state index < -0.39 is 12.8 Å². The Hall–Kier alpha value is 0.248. The van der Waals surface area contributed by atoms with Gasteiger partial charge in [-0.25, -0.2) is 0 Å². The van der Waals surface area contributed by atoms with Gasteiger partial charge in [0.1, 0.15) is 0 Å². The summed E-state index contributed by atoms with van der Waals surface area (Å²) < 4.78 is 0.748. The Kier molecular flexibility index (Phi) is 5.19. The van der Waals surface area contributed by atoms with Crippen molar-refractivity contribution in [3.8, 4) is 5.75 Å². The van der Waals surface area contributed by atoms with Gasteiger partial charge in [-0.2, -0.15) is 0 Å². The fourth-order valence-electron chi connectivity index (χ4n) is 0.716. The molecule has 0 heterocycles. The normalized spacial score (nSPS) is 9.58. The van der Waals surface area contributed by atoms with E-state index in [4.69, 9.17) is 30.7 Å². The molecule has 0 aromatic heterocycles. The van der Waals surface area contributed by atoms with E-state index in [1.165, 1.54) is 12.1 Å². The maximum absolute atomic E-state index is 9.07. The number of anilines is 1. The van der Waals surface area contributed by atoms with Crippen LogP contribution in [0, 0.1) is 0 Å². The Bertz CT molecular complexity index is 249. The van der Waals surface area contributed by atoms with Gasteiger partial charge in [0.15, 0.2) is 0 Å². The number of halogens is 3. The molecule has 3 N–H and O–H groups in total. The van der Waals surface area contributed by atoms with E-state index in [0.717, 1.165) is 4.35 Å². The first-order chi connectivity index (χ1) is 5.09. The number of phenolic OH excluding ortho intramolecular Hbond substituents is 1. The van der Waals surface area contributed by atoms with Crippen LogP contribution in [0.15, 0.2) is 18.2 Å².